The minimum Gasteiger partial charge on any atom is -0.368 e. The van der Waals surface area contributed by atoms with Crippen LogP contribution < -0.4 is 5.73 Å². The molecule has 1 amide bonds. The van der Waals surface area contributed by atoms with Crippen molar-refractivity contribution in [2.45, 2.75) is 31.2 Å². The van der Waals surface area contributed by atoms with Crippen LogP contribution in [0.3, 0.4) is 0 Å². The summed E-state index contributed by atoms with van der Waals surface area (Å²) in [5, 5.41) is 0. The molecule has 0 heterocycles. The molecule has 3 nitrogen and oxygen atoms in total. The first-order chi connectivity index (χ1) is 9.54. The van der Waals surface area contributed by atoms with E-state index in [1.807, 2.05) is 11.9 Å². The molecule has 1 aromatic rings. The summed E-state index contributed by atoms with van der Waals surface area (Å²) in [5.74, 6) is 5.46. The Morgan fingerprint density at radius 1 is 1.35 bits per heavy atom. The van der Waals surface area contributed by atoms with Crippen molar-refractivity contribution in [3.63, 3.8) is 0 Å². The Balaban J connectivity index is 2.03. The summed E-state index contributed by atoms with van der Waals surface area (Å²) in [7, 11) is 1.88. The van der Waals surface area contributed by atoms with Crippen molar-refractivity contribution in [2.75, 3.05) is 13.6 Å². The Morgan fingerprint density at radius 2 is 1.95 bits per heavy atom. The molecule has 4 heteroatoms. The van der Waals surface area contributed by atoms with Gasteiger partial charge in [0.15, 0.2) is 0 Å². The number of nitrogens with zero attached hydrogens (tertiary/aromatic N) is 1. The van der Waals surface area contributed by atoms with Crippen LogP contribution in [0.25, 0.3) is 0 Å². The highest BCUT2D eigenvalue weighted by Gasteiger charge is 2.42. The number of amides is 1. The minimum atomic E-state index is -0.544. The molecular weight excluding hydrogens is 255 g/mol. The molecule has 2 rings (SSSR count). The van der Waals surface area contributed by atoms with E-state index in [0.29, 0.717) is 6.54 Å². The van der Waals surface area contributed by atoms with E-state index >= 15 is 0 Å². The molecule has 0 aliphatic heterocycles. The Labute approximate surface area is 119 Å². The maximum absolute atomic E-state index is 12.8. The molecule has 106 valence electrons. The summed E-state index contributed by atoms with van der Waals surface area (Å²) in [5.41, 5.74) is 5.78. The number of rotatable bonds is 3. The van der Waals surface area contributed by atoms with Gasteiger partial charge in [-0.05, 0) is 44.2 Å². The van der Waals surface area contributed by atoms with Gasteiger partial charge in [-0.1, -0.05) is 24.7 Å². The van der Waals surface area contributed by atoms with Gasteiger partial charge in [-0.15, -0.1) is 0 Å². The molecule has 1 aliphatic carbocycles. The number of hydrogen-bond acceptors (Lipinski definition) is 2. The third kappa shape index (κ3) is 3.00. The van der Waals surface area contributed by atoms with Crippen molar-refractivity contribution < 1.29 is 9.18 Å². The predicted octanol–water partition coefficient (Wildman–Crippen LogP) is 1.91. The van der Waals surface area contributed by atoms with Gasteiger partial charge >= 0.3 is 0 Å². The van der Waals surface area contributed by atoms with E-state index in [-0.39, 0.29) is 11.7 Å². The third-order valence-electron chi connectivity index (χ3n) is 4.01. The third-order valence-corrected chi connectivity index (χ3v) is 4.01. The topological polar surface area (TPSA) is 46.3 Å². The molecule has 1 fully saturated rings. The molecule has 0 unspecified atom stereocenters. The minimum absolute atomic E-state index is 0.263. The highest BCUT2D eigenvalue weighted by molar-refractivity contribution is 5.85. The van der Waals surface area contributed by atoms with Crippen LogP contribution in [-0.2, 0) is 4.79 Å². The molecule has 0 bridgehead atoms. The molecule has 0 atom stereocenters. The fourth-order valence-corrected chi connectivity index (χ4v) is 2.72. The number of primary amides is 1. The second-order valence-corrected chi connectivity index (χ2v) is 5.27. The number of hydrogen-bond donors (Lipinski definition) is 1. The summed E-state index contributed by atoms with van der Waals surface area (Å²) in [6.07, 6.45) is 3.66. The molecule has 20 heavy (non-hydrogen) atoms. The van der Waals surface area contributed by atoms with E-state index in [0.717, 1.165) is 31.2 Å². The number of likely N-dealkylation sites (N-methyl/N-ethyl adjacent to an activating group) is 1. The van der Waals surface area contributed by atoms with Gasteiger partial charge < -0.3 is 5.73 Å². The zero-order valence-corrected chi connectivity index (χ0v) is 11.7. The lowest BCUT2D eigenvalue weighted by Gasteiger charge is -2.34. The van der Waals surface area contributed by atoms with Crippen LogP contribution in [0.4, 0.5) is 4.39 Å². The van der Waals surface area contributed by atoms with Gasteiger partial charge in [0.25, 0.3) is 0 Å². The number of nitrogens with two attached hydrogens (primary N) is 1. The van der Waals surface area contributed by atoms with Crippen LogP contribution in [0.15, 0.2) is 24.3 Å². The molecule has 1 aromatic carbocycles. The Hall–Kier alpha value is -1.86. The van der Waals surface area contributed by atoms with Gasteiger partial charge in [-0.3, -0.25) is 9.69 Å². The van der Waals surface area contributed by atoms with Crippen LogP contribution in [0, 0.1) is 17.7 Å². The maximum atomic E-state index is 12.8. The standard InChI is InChI=1S/C16H19FN2O/c1-19(16(15(18)20)10-2-3-11-16)12-4-5-13-6-8-14(17)9-7-13/h6-9H,2-3,10-12H2,1H3,(H2,18,20). The number of benzene rings is 1. The van der Waals surface area contributed by atoms with Crippen LogP contribution in [-0.4, -0.2) is 29.9 Å². The lowest BCUT2D eigenvalue weighted by atomic mass is 9.95. The summed E-state index contributed by atoms with van der Waals surface area (Å²) in [6, 6.07) is 6.05. The monoisotopic (exact) mass is 274 g/mol. The van der Waals surface area contributed by atoms with Gasteiger partial charge in [0.2, 0.25) is 5.91 Å². The van der Waals surface area contributed by atoms with Crippen LogP contribution >= 0.6 is 0 Å². The highest BCUT2D eigenvalue weighted by atomic mass is 19.1. The fourth-order valence-electron chi connectivity index (χ4n) is 2.72. The number of halogens is 1. The average molecular weight is 274 g/mol. The summed E-state index contributed by atoms with van der Waals surface area (Å²) >= 11 is 0. The zero-order chi connectivity index (χ0) is 14.6. The molecule has 1 aliphatic rings. The van der Waals surface area contributed by atoms with Gasteiger partial charge in [0.1, 0.15) is 11.4 Å². The first-order valence-electron chi connectivity index (χ1n) is 6.80. The van der Waals surface area contributed by atoms with Gasteiger partial charge in [0, 0.05) is 5.56 Å². The number of carbonyl (C=O) groups is 1. The van der Waals surface area contributed by atoms with E-state index in [4.69, 9.17) is 5.73 Å². The van der Waals surface area contributed by atoms with E-state index in [1.54, 1.807) is 12.1 Å². The Kier molecular flexibility index (Phi) is 4.41. The summed E-state index contributed by atoms with van der Waals surface area (Å²) in [4.78, 5) is 13.7. The average Bonchev–Trinajstić information content (AvgIpc) is 2.91. The van der Waals surface area contributed by atoms with Gasteiger partial charge in [0.05, 0.1) is 6.54 Å². The van der Waals surface area contributed by atoms with Crippen molar-refractivity contribution in [3.05, 3.63) is 35.6 Å². The smallest absolute Gasteiger partial charge is 0.237 e. The predicted molar refractivity (Wildman–Crippen MR) is 76.3 cm³/mol. The SMILES string of the molecule is CN(CC#Cc1ccc(F)cc1)C1(C(N)=O)CCCC1. The Morgan fingerprint density at radius 3 is 2.50 bits per heavy atom. The van der Waals surface area contributed by atoms with Gasteiger partial charge in [-0.25, -0.2) is 4.39 Å². The molecule has 0 saturated heterocycles. The zero-order valence-electron chi connectivity index (χ0n) is 11.7. The summed E-state index contributed by atoms with van der Waals surface area (Å²) in [6.45, 7) is 0.473. The van der Waals surface area contributed by atoms with Crippen molar-refractivity contribution in [1.29, 1.82) is 0 Å². The second-order valence-electron chi connectivity index (χ2n) is 5.27. The molecule has 2 N–H and O–H groups in total. The lowest BCUT2D eigenvalue weighted by Crippen LogP contribution is -2.54. The molecule has 0 spiro atoms. The first-order valence-corrected chi connectivity index (χ1v) is 6.80. The van der Waals surface area contributed by atoms with Crippen molar-refractivity contribution in [2.24, 2.45) is 5.73 Å². The largest absolute Gasteiger partial charge is 0.368 e. The van der Waals surface area contributed by atoms with E-state index in [9.17, 15) is 9.18 Å². The second kappa shape index (κ2) is 6.06. The number of carbonyl (C=O) groups excluding carboxylic acids is 1. The van der Waals surface area contributed by atoms with Crippen molar-refractivity contribution in [1.82, 2.24) is 4.90 Å². The quantitative estimate of drug-likeness (QED) is 0.856. The lowest BCUT2D eigenvalue weighted by molar-refractivity contribution is -0.128. The highest BCUT2D eigenvalue weighted by Crippen LogP contribution is 2.33. The Bertz CT molecular complexity index is 536. The van der Waals surface area contributed by atoms with E-state index in [2.05, 4.69) is 11.8 Å². The van der Waals surface area contributed by atoms with Crippen molar-refractivity contribution >= 4 is 5.91 Å². The normalized spacial score (nSPS) is 16.8. The fraction of sp³-hybridized carbons (Fsp3) is 0.438. The molecule has 0 radical (unpaired) electrons. The van der Waals surface area contributed by atoms with E-state index < -0.39 is 5.54 Å². The van der Waals surface area contributed by atoms with Crippen LogP contribution in [0.2, 0.25) is 0 Å². The molecule has 0 aromatic heterocycles. The molecular formula is C16H19FN2O. The summed E-state index contributed by atoms with van der Waals surface area (Å²) < 4.78 is 12.8. The van der Waals surface area contributed by atoms with Gasteiger partial charge in [-0.2, -0.15) is 0 Å². The van der Waals surface area contributed by atoms with E-state index in [1.165, 1.54) is 12.1 Å². The van der Waals surface area contributed by atoms with Crippen molar-refractivity contribution in [3.8, 4) is 11.8 Å². The van der Waals surface area contributed by atoms with Crippen LogP contribution in [0.5, 0.6) is 0 Å². The molecule has 1 saturated carbocycles. The van der Waals surface area contributed by atoms with Crippen LogP contribution in [0.1, 0.15) is 31.2 Å². The first kappa shape index (κ1) is 14.5. The maximum Gasteiger partial charge on any atom is 0.237 e.